The minimum absolute atomic E-state index is 0.0570. The van der Waals surface area contributed by atoms with Crippen LogP contribution in [-0.4, -0.2) is 14.8 Å². The first-order valence-electron chi connectivity index (χ1n) is 6.46. The minimum Gasteiger partial charge on any atom is -0.324 e. The number of nitrogens with two attached hydrogens (primary N) is 1. The molecule has 2 aromatic heterocycles. The summed E-state index contributed by atoms with van der Waals surface area (Å²) in [6.07, 6.45) is 4.51. The third kappa shape index (κ3) is 2.79. The van der Waals surface area contributed by atoms with Crippen LogP contribution in [0.25, 0.3) is 11.3 Å². The molecule has 1 unspecified atom stereocenters. The molecule has 1 aromatic carbocycles. The SMILES string of the molecule is Cn1cc(C(N)Cc2nc(-c3ccccc3)cs2)cn1. The van der Waals surface area contributed by atoms with Gasteiger partial charge in [-0.2, -0.15) is 5.10 Å². The fourth-order valence-corrected chi connectivity index (χ4v) is 2.95. The van der Waals surface area contributed by atoms with Crippen molar-refractivity contribution in [2.75, 3.05) is 0 Å². The molecule has 102 valence electrons. The van der Waals surface area contributed by atoms with Crippen LogP contribution >= 0.6 is 11.3 Å². The summed E-state index contributed by atoms with van der Waals surface area (Å²) in [5, 5.41) is 7.29. The van der Waals surface area contributed by atoms with E-state index in [0.29, 0.717) is 0 Å². The second kappa shape index (κ2) is 5.56. The van der Waals surface area contributed by atoms with Gasteiger partial charge in [-0.25, -0.2) is 4.98 Å². The van der Waals surface area contributed by atoms with Gasteiger partial charge in [0, 0.05) is 42.2 Å². The van der Waals surface area contributed by atoms with Gasteiger partial charge < -0.3 is 5.73 Å². The summed E-state index contributed by atoms with van der Waals surface area (Å²) in [6, 6.07) is 10.1. The van der Waals surface area contributed by atoms with E-state index < -0.39 is 0 Å². The second-order valence-corrected chi connectivity index (χ2v) is 5.69. The summed E-state index contributed by atoms with van der Waals surface area (Å²) in [7, 11) is 1.90. The lowest BCUT2D eigenvalue weighted by molar-refractivity contribution is 0.714. The lowest BCUT2D eigenvalue weighted by atomic mass is 10.1. The summed E-state index contributed by atoms with van der Waals surface area (Å²) < 4.78 is 1.77. The Balaban J connectivity index is 1.74. The van der Waals surface area contributed by atoms with E-state index in [1.165, 1.54) is 0 Å². The fourth-order valence-electron chi connectivity index (χ4n) is 2.08. The van der Waals surface area contributed by atoms with Crippen molar-refractivity contribution < 1.29 is 0 Å². The third-order valence-corrected chi connectivity index (χ3v) is 4.04. The first-order valence-corrected chi connectivity index (χ1v) is 7.34. The minimum atomic E-state index is -0.0570. The molecule has 3 rings (SSSR count). The van der Waals surface area contributed by atoms with E-state index in [1.54, 1.807) is 16.0 Å². The van der Waals surface area contributed by atoms with Crippen LogP contribution in [-0.2, 0) is 13.5 Å². The van der Waals surface area contributed by atoms with Gasteiger partial charge in [0.05, 0.1) is 16.9 Å². The second-order valence-electron chi connectivity index (χ2n) is 4.75. The van der Waals surface area contributed by atoms with E-state index in [9.17, 15) is 0 Å². The Bertz CT molecular complexity index is 687. The van der Waals surface area contributed by atoms with Crippen LogP contribution in [0.15, 0.2) is 48.1 Å². The predicted octanol–water partition coefficient (Wildman–Crippen LogP) is 2.79. The van der Waals surface area contributed by atoms with Gasteiger partial charge in [0.2, 0.25) is 0 Å². The molecule has 0 saturated carbocycles. The number of aromatic nitrogens is 3. The Hall–Kier alpha value is -1.98. The van der Waals surface area contributed by atoms with Gasteiger partial charge in [0.15, 0.2) is 0 Å². The Morgan fingerprint density at radius 1 is 1.30 bits per heavy atom. The number of thiazole rings is 1. The Morgan fingerprint density at radius 2 is 2.10 bits per heavy atom. The topological polar surface area (TPSA) is 56.7 Å². The number of nitrogens with zero attached hydrogens (tertiary/aromatic N) is 3. The van der Waals surface area contributed by atoms with E-state index in [0.717, 1.165) is 28.2 Å². The molecule has 4 nitrogen and oxygen atoms in total. The highest BCUT2D eigenvalue weighted by molar-refractivity contribution is 7.09. The van der Waals surface area contributed by atoms with E-state index in [1.807, 2.05) is 37.6 Å². The smallest absolute Gasteiger partial charge is 0.0951 e. The molecule has 0 bridgehead atoms. The number of rotatable bonds is 4. The molecule has 2 N–H and O–H groups in total. The molecule has 0 spiro atoms. The van der Waals surface area contributed by atoms with E-state index in [4.69, 9.17) is 5.73 Å². The van der Waals surface area contributed by atoms with Gasteiger partial charge in [0.1, 0.15) is 0 Å². The molecule has 0 fully saturated rings. The van der Waals surface area contributed by atoms with Crippen molar-refractivity contribution in [2.24, 2.45) is 12.8 Å². The summed E-state index contributed by atoms with van der Waals surface area (Å²) in [5.41, 5.74) is 9.41. The van der Waals surface area contributed by atoms with Crippen molar-refractivity contribution in [1.82, 2.24) is 14.8 Å². The predicted molar refractivity (Wildman–Crippen MR) is 81.4 cm³/mol. The molecule has 20 heavy (non-hydrogen) atoms. The van der Waals surface area contributed by atoms with Crippen molar-refractivity contribution in [3.05, 3.63) is 58.7 Å². The zero-order valence-corrected chi connectivity index (χ0v) is 12.0. The molecule has 1 atom stereocenters. The molecular weight excluding hydrogens is 268 g/mol. The first kappa shape index (κ1) is 13.0. The number of benzene rings is 1. The van der Waals surface area contributed by atoms with Gasteiger partial charge in [-0.3, -0.25) is 4.68 Å². The lowest BCUT2D eigenvalue weighted by Crippen LogP contribution is -2.12. The van der Waals surface area contributed by atoms with E-state index in [-0.39, 0.29) is 6.04 Å². The van der Waals surface area contributed by atoms with Crippen LogP contribution in [0.1, 0.15) is 16.6 Å². The highest BCUT2D eigenvalue weighted by Gasteiger charge is 2.12. The first-order chi connectivity index (χ1) is 9.72. The maximum atomic E-state index is 6.20. The number of hydrogen-bond donors (Lipinski definition) is 1. The van der Waals surface area contributed by atoms with Gasteiger partial charge >= 0.3 is 0 Å². The quantitative estimate of drug-likeness (QED) is 0.801. The molecule has 0 saturated heterocycles. The Kier molecular flexibility index (Phi) is 3.62. The highest BCUT2D eigenvalue weighted by atomic mass is 32.1. The van der Waals surface area contributed by atoms with Crippen molar-refractivity contribution in [3.63, 3.8) is 0 Å². The lowest BCUT2D eigenvalue weighted by Gasteiger charge is -2.06. The molecule has 2 heterocycles. The molecule has 0 amide bonds. The monoisotopic (exact) mass is 284 g/mol. The van der Waals surface area contributed by atoms with Gasteiger partial charge in [-0.1, -0.05) is 30.3 Å². The van der Waals surface area contributed by atoms with Crippen molar-refractivity contribution in [1.29, 1.82) is 0 Å². The molecule has 0 aliphatic carbocycles. The van der Waals surface area contributed by atoms with E-state index >= 15 is 0 Å². The molecule has 0 radical (unpaired) electrons. The van der Waals surface area contributed by atoms with Crippen molar-refractivity contribution in [2.45, 2.75) is 12.5 Å². The zero-order valence-electron chi connectivity index (χ0n) is 11.2. The largest absolute Gasteiger partial charge is 0.324 e. The average Bonchev–Trinajstić information content (AvgIpc) is 3.09. The van der Waals surface area contributed by atoms with Crippen LogP contribution < -0.4 is 5.73 Å². The molecular formula is C15H16N4S. The van der Waals surface area contributed by atoms with Crippen LogP contribution in [0.5, 0.6) is 0 Å². The van der Waals surface area contributed by atoms with Crippen LogP contribution in [0.4, 0.5) is 0 Å². The van der Waals surface area contributed by atoms with Gasteiger partial charge in [-0.05, 0) is 0 Å². The maximum Gasteiger partial charge on any atom is 0.0951 e. The van der Waals surface area contributed by atoms with E-state index in [2.05, 4.69) is 27.6 Å². The normalized spacial score (nSPS) is 12.5. The van der Waals surface area contributed by atoms with Crippen LogP contribution in [0.2, 0.25) is 0 Å². The number of aryl methyl sites for hydroxylation is 1. The Morgan fingerprint density at radius 3 is 2.80 bits per heavy atom. The summed E-state index contributed by atoms with van der Waals surface area (Å²) in [5.74, 6) is 0. The molecule has 3 aromatic rings. The van der Waals surface area contributed by atoms with Gasteiger partial charge in [0.25, 0.3) is 0 Å². The third-order valence-electron chi connectivity index (χ3n) is 3.17. The summed E-state index contributed by atoms with van der Waals surface area (Å²) >= 11 is 1.66. The molecule has 0 aliphatic heterocycles. The Labute approximate surface area is 121 Å². The van der Waals surface area contributed by atoms with Crippen molar-refractivity contribution >= 4 is 11.3 Å². The summed E-state index contributed by atoms with van der Waals surface area (Å²) in [6.45, 7) is 0. The fraction of sp³-hybridized carbons (Fsp3) is 0.200. The molecule has 5 heteroatoms. The van der Waals surface area contributed by atoms with Gasteiger partial charge in [-0.15, -0.1) is 11.3 Å². The average molecular weight is 284 g/mol. The standard InChI is InChI=1S/C15H16N4S/c1-19-9-12(8-17-19)13(16)7-15-18-14(10-20-15)11-5-3-2-4-6-11/h2-6,8-10,13H,7,16H2,1H3. The highest BCUT2D eigenvalue weighted by Crippen LogP contribution is 2.24. The maximum absolute atomic E-state index is 6.20. The summed E-state index contributed by atoms with van der Waals surface area (Å²) in [4.78, 5) is 4.66. The molecule has 0 aliphatic rings. The van der Waals surface area contributed by atoms with Crippen LogP contribution in [0, 0.1) is 0 Å². The van der Waals surface area contributed by atoms with Crippen LogP contribution in [0.3, 0.4) is 0 Å². The van der Waals surface area contributed by atoms with Crippen molar-refractivity contribution in [3.8, 4) is 11.3 Å². The number of hydrogen-bond acceptors (Lipinski definition) is 4. The zero-order chi connectivity index (χ0) is 13.9.